The summed E-state index contributed by atoms with van der Waals surface area (Å²) in [6, 6.07) is 9.04. The fourth-order valence-electron chi connectivity index (χ4n) is 3.36. The van der Waals surface area contributed by atoms with E-state index in [1.807, 2.05) is 0 Å². The Bertz CT molecular complexity index is 385. The smallest absolute Gasteiger partial charge is 0.0587 e. The van der Waals surface area contributed by atoms with Gasteiger partial charge in [0.1, 0.15) is 0 Å². The maximum Gasteiger partial charge on any atom is 0.0587 e. The van der Waals surface area contributed by atoms with Gasteiger partial charge in [0.15, 0.2) is 0 Å². The highest BCUT2D eigenvalue weighted by Crippen LogP contribution is 2.34. The highest BCUT2D eigenvalue weighted by atomic mass is 16.5. The van der Waals surface area contributed by atoms with Gasteiger partial charge in [-0.25, -0.2) is 0 Å². The van der Waals surface area contributed by atoms with Gasteiger partial charge in [0.2, 0.25) is 0 Å². The van der Waals surface area contributed by atoms with Crippen LogP contribution in [0.2, 0.25) is 0 Å². The average molecular weight is 275 g/mol. The van der Waals surface area contributed by atoms with Crippen molar-refractivity contribution >= 4 is 0 Å². The zero-order chi connectivity index (χ0) is 14.2. The van der Waals surface area contributed by atoms with Crippen molar-refractivity contribution in [2.75, 3.05) is 26.8 Å². The van der Waals surface area contributed by atoms with E-state index in [4.69, 9.17) is 4.74 Å². The van der Waals surface area contributed by atoms with E-state index in [9.17, 15) is 0 Å². The van der Waals surface area contributed by atoms with Crippen LogP contribution in [0, 0.1) is 12.8 Å². The van der Waals surface area contributed by atoms with E-state index in [0.717, 1.165) is 25.6 Å². The van der Waals surface area contributed by atoms with E-state index >= 15 is 0 Å². The summed E-state index contributed by atoms with van der Waals surface area (Å²) in [5.74, 6) is 1.58. The number of hydrogen-bond donors (Lipinski definition) is 1. The van der Waals surface area contributed by atoms with Crippen LogP contribution < -0.4 is 5.32 Å². The van der Waals surface area contributed by atoms with Crippen molar-refractivity contribution < 1.29 is 4.74 Å². The Kier molecular flexibility index (Phi) is 6.55. The lowest BCUT2D eigenvalue weighted by Crippen LogP contribution is -2.26. The molecule has 0 aliphatic heterocycles. The molecule has 1 aromatic rings. The molecule has 1 aromatic carbocycles. The summed E-state index contributed by atoms with van der Waals surface area (Å²) in [7, 11) is 1.76. The molecule has 0 amide bonds. The van der Waals surface area contributed by atoms with Gasteiger partial charge in [-0.3, -0.25) is 0 Å². The third-order valence-corrected chi connectivity index (χ3v) is 4.48. The van der Waals surface area contributed by atoms with Gasteiger partial charge in [0, 0.05) is 20.2 Å². The molecule has 1 aliphatic carbocycles. The molecule has 1 unspecified atom stereocenters. The fourth-order valence-corrected chi connectivity index (χ4v) is 3.36. The van der Waals surface area contributed by atoms with Crippen LogP contribution in [-0.2, 0) is 4.74 Å². The first kappa shape index (κ1) is 15.5. The second-order valence-electron chi connectivity index (χ2n) is 6.19. The normalized spacial score (nSPS) is 17.5. The molecule has 0 radical (unpaired) electrons. The third kappa shape index (κ3) is 4.92. The Morgan fingerprint density at radius 2 is 2.10 bits per heavy atom. The highest BCUT2D eigenvalue weighted by Gasteiger charge is 2.21. The topological polar surface area (TPSA) is 21.3 Å². The van der Waals surface area contributed by atoms with Gasteiger partial charge in [-0.05, 0) is 30.7 Å². The van der Waals surface area contributed by atoms with Crippen LogP contribution in [0.25, 0.3) is 0 Å². The molecule has 0 saturated heterocycles. The summed E-state index contributed by atoms with van der Waals surface area (Å²) in [6.45, 7) is 5.01. The van der Waals surface area contributed by atoms with Gasteiger partial charge in [0.05, 0.1) is 6.61 Å². The van der Waals surface area contributed by atoms with Gasteiger partial charge in [-0.1, -0.05) is 55.5 Å². The molecular weight excluding hydrogens is 246 g/mol. The van der Waals surface area contributed by atoms with Crippen molar-refractivity contribution in [3.8, 4) is 0 Å². The van der Waals surface area contributed by atoms with E-state index in [2.05, 4.69) is 36.5 Å². The molecule has 1 fully saturated rings. The van der Waals surface area contributed by atoms with Crippen molar-refractivity contribution in [1.82, 2.24) is 5.32 Å². The molecular formula is C18H29NO. The largest absolute Gasteiger partial charge is 0.383 e. The van der Waals surface area contributed by atoms with E-state index in [-0.39, 0.29) is 0 Å². The summed E-state index contributed by atoms with van der Waals surface area (Å²) in [5, 5.41) is 3.55. The Labute approximate surface area is 123 Å². The number of benzene rings is 1. The molecule has 1 saturated carbocycles. The lowest BCUT2D eigenvalue weighted by atomic mass is 9.87. The molecule has 2 heteroatoms. The van der Waals surface area contributed by atoms with Crippen LogP contribution >= 0.6 is 0 Å². The first-order chi connectivity index (χ1) is 9.79. The predicted molar refractivity (Wildman–Crippen MR) is 85.2 cm³/mol. The monoisotopic (exact) mass is 275 g/mol. The van der Waals surface area contributed by atoms with Crippen LogP contribution in [0.1, 0.15) is 49.1 Å². The minimum absolute atomic E-state index is 0.648. The Morgan fingerprint density at radius 1 is 1.30 bits per heavy atom. The second kappa shape index (κ2) is 8.43. The summed E-state index contributed by atoms with van der Waals surface area (Å²) in [4.78, 5) is 0. The van der Waals surface area contributed by atoms with E-state index < -0.39 is 0 Å². The van der Waals surface area contributed by atoms with Crippen molar-refractivity contribution in [1.29, 1.82) is 0 Å². The lowest BCUT2D eigenvalue weighted by Gasteiger charge is -2.22. The van der Waals surface area contributed by atoms with Crippen molar-refractivity contribution in [3.63, 3.8) is 0 Å². The summed E-state index contributed by atoms with van der Waals surface area (Å²) < 4.78 is 5.12. The standard InChI is InChI=1S/C18H29NO/c1-15-6-5-9-17(12-15)18(14-19-10-11-20-2)13-16-7-3-4-8-16/h5-6,9,12,16,18-19H,3-4,7-8,10-11,13-14H2,1-2H3. The van der Waals surface area contributed by atoms with Crippen molar-refractivity contribution in [2.24, 2.45) is 5.92 Å². The molecule has 112 valence electrons. The number of methoxy groups -OCH3 is 1. The van der Waals surface area contributed by atoms with Gasteiger partial charge in [-0.2, -0.15) is 0 Å². The Balaban J connectivity index is 1.94. The number of nitrogens with one attached hydrogen (secondary N) is 1. The van der Waals surface area contributed by atoms with E-state index in [1.54, 1.807) is 7.11 Å². The first-order valence-corrected chi connectivity index (χ1v) is 8.06. The summed E-state index contributed by atoms with van der Waals surface area (Å²) >= 11 is 0. The minimum Gasteiger partial charge on any atom is -0.383 e. The lowest BCUT2D eigenvalue weighted by molar-refractivity contribution is 0.198. The predicted octanol–water partition coefficient (Wildman–Crippen LogP) is 3.89. The average Bonchev–Trinajstić information content (AvgIpc) is 2.95. The molecule has 1 aliphatic rings. The second-order valence-corrected chi connectivity index (χ2v) is 6.19. The zero-order valence-electron chi connectivity index (χ0n) is 13.0. The number of rotatable bonds is 8. The van der Waals surface area contributed by atoms with Gasteiger partial charge >= 0.3 is 0 Å². The van der Waals surface area contributed by atoms with Gasteiger partial charge < -0.3 is 10.1 Å². The molecule has 2 rings (SSSR count). The molecule has 0 spiro atoms. The van der Waals surface area contributed by atoms with Crippen LogP contribution in [-0.4, -0.2) is 26.8 Å². The van der Waals surface area contributed by atoms with Gasteiger partial charge in [0.25, 0.3) is 0 Å². The molecule has 0 heterocycles. The zero-order valence-corrected chi connectivity index (χ0v) is 13.0. The molecule has 2 nitrogen and oxygen atoms in total. The van der Waals surface area contributed by atoms with E-state index in [1.165, 1.54) is 43.2 Å². The minimum atomic E-state index is 0.648. The Morgan fingerprint density at radius 3 is 2.80 bits per heavy atom. The molecule has 0 aromatic heterocycles. The van der Waals surface area contributed by atoms with Crippen molar-refractivity contribution in [3.05, 3.63) is 35.4 Å². The number of ether oxygens (including phenoxy) is 1. The van der Waals surface area contributed by atoms with Crippen LogP contribution in [0.5, 0.6) is 0 Å². The van der Waals surface area contributed by atoms with E-state index in [0.29, 0.717) is 5.92 Å². The third-order valence-electron chi connectivity index (χ3n) is 4.48. The quantitative estimate of drug-likeness (QED) is 0.727. The van der Waals surface area contributed by atoms with Crippen LogP contribution in [0.3, 0.4) is 0 Å². The first-order valence-electron chi connectivity index (χ1n) is 8.06. The molecule has 1 atom stereocenters. The number of hydrogen-bond acceptors (Lipinski definition) is 2. The van der Waals surface area contributed by atoms with Crippen LogP contribution in [0.4, 0.5) is 0 Å². The summed E-state index contributed by atoms with van der Waals surface area (Å²) in [5.41, 5.74) is 2.87. The van der Waals surface area contributed by atoms with Gasteiger partial charge in [-0.15, -0.1) is 0 Å². The molecule has 20 heavy (non-hydrogen) atoms. The maximum absolute atomic E-state index is 5.12. The number of aryl methyl sites for hydroxylation is 1. The molecule has 1 N–H and O–H groups in total. The van der Waals surface area contributed by atoms with Crippen LogP contribution in [0.15, 0.2) is 24.3 Å². The maximum atomic E-state index is 5.12. The highest BCUT2D eigenvalue weighted by molar-refractivity contribution is 5.26. The Hall–Kier alpha value is -0.860. The summed E-state index contributed by atoms with van der Waals surface area (Å²) in [6.07, 6.45) is 7.06. The van der Waals surface area contributed by atoms with Crippen molar-refractivity contribution in [2.45, 2.75) is 44.9 Å². The molecule has 0 bridgehead atoms. The SMILES string of the molecule is COCCNCC(CC1CCCC1)c1cccc(C)c1. The fraction of sp³-hybridized carbons (Fsp3) is 0.667.